The number of aliphatic hydroxyl groups is 1. The number of esters is 3. The second kappa shape index (κ2) is 6.72. The van der Waals surface area contributed by atoms with Gasteiger partial charge in [-0.1, -0.05) is 6.58 Å². The van der Waals surface area contributed by atoms with E-state index in [4.69, 9.17) is 5.11 Å². The minimum absolute atomic E-state index is 0.0984. The molecule has 0 saturated heterocycles. The van der Waals surface area contributed by atoms with Crippen molar-refractivity contribution in [1.82, 2.24) is 0 Å². The van der Waals surface area contributed by atoms with Crippen LogP contribution >= 0.6 is 0 Å². The van der Waals surface area contributed by atoms with E-state index in [0.717, 1.165) is 0 Å². The number of carbonyl (C=O) groups excluding carboxylic acids is 3. The fourth-order valence-electron chi connectivity index (χ4n) is 0.590. The van der Waals surface area contributed by atoms with Crippen molar-refractivity contribution >= 4 is 17.9 Å². The molecule has 0 rings (SSSR count). The van der Waals surface area contributed by atoms with Crippen molar-refractivity contribution in [2.24, 2.45) is 0 Å². The van der Waals surface area contributed by atoms with Gasteiger partial charge in [-0.2, -0.15) is 0 Å². The highest BCUT2D eigenvalue weighted by molar-refractivity contribution is 5.95. The molecular formula is C9H12O6. The van der Waals surface area contributed by atoms with Crippen LogP contribution in [0.1, 0.15) is 19.8 Å². The minimum atomic E-state index is -0.835. The van der Waals surface area contributed by atoms with Crippen LogP contribution in [0.25, 0.3) is 0 Å². The Hall–Kier alpha value is -1.69. The highest BCUT2D eigenvalue weighted by atomic mass is 16.6. The van der Waals surface area contributed by atoms with Crippen molar-refractivity contribution < 1.29 is 29.0 Å². The molecule has 0 radical (unpaired) electrons. The van der Waals surface area contributed by atoms with Gasteiger partial charge in [-0.05, 0) is 6.92 Å². The second-order valence-corrected chi connectivity index (χ2v) is 2.69. The minimum Gasteiger partial charge on any atom is -0.439 e. The van der Waals surface area contributed by atoms with Crippen molar-refractivity contribution in [1.29, 1.82) is 0 Å². The normalized spacial score (nSPS) is 9.20. The van der Waals surface area contributed by atoms with E-state index < -0.39 is 24.7 Å². The molecule has 15 heavy (non-hydrogen) atoms. The number of ether oxygens (including phenoxy) is 2. The van der Waals surface area contributed by atoms with Crippen molar-refractivity contribution in [3.8, 4) is 0 Å². The van der Waals surface area contributed by atoms with Crippen LogP contribution in [0.15, 0.2) is 12.2 Å². The van der Waals surface area contributed by atoms with Crippen molar-refractivity contribution in [2.75, 3.05) is 6.79 Å². The van der Waals surface area contributed by atoms with Gasteiger partial charge in [0.1, 0.15) is 0 Å². The average molecular weight is 216 g/mol. The first-order valence-electron chi connectivity index (χ1n) is 4.14. The molecule has 0 amide bonds. The molecule has 0 aliphatic carbocycles. The van der Waals surface area contributed by atoms with Gasteiger partial charge in [0.15, 0.2) is 6.79 Å². The molecule has 0 atom stereocenters. The van der Waals surface area contributed by atoms with Crippen LogP contribution in [0.3, 0.4) is 0 Å². The van der Waals surface area contributed by atoms with Crippen LogP contribution in [0.5, 0.6) is 0 Å². The molecule has 0 bridgehead atoms. The van der Waals surface area contributed by atoms with Gasteiger partial charge < -0.3 is 14.6 Å². The predicted octanol–water partition coefficient (Wildman–Crippen LogP) is -0.0945. The van der Waals surface area contributed by atoms with Crippen LogP contribution in [0.4, 0.5) is 0 Å². The average Bonchev–Trinajstić information content (AvgIpc) is 2.15. The molecule has 0 aliphatic rings. The van der Waals surface area contributed by atoms with E-state index in [9.17, 15) is 14.4 Å². The largest absolute Gasteiger partial charge is 0.439 e. The molecule has 0 fully saturated rings. The summed E-state index contributed by atoms with van der Waals surface area (Å²) < 4.78 is 8.44. The monoisotopic (exact) mass is 216 g/mol. The Bertz CT molecular complexity index is 280. The van der Waals surface area contributed by atoms with Crippen LogP contribution in [-0.4, -0.2) is 29.8 Å². The summed E-state index contributed by atoms with van der Waals surface area (Å²) in [4.78, 5) is 32.4. The zero-order valence-electron chi connectivity index (χ0n) is 8.32. The molecule has 6 heteroatoms. The number of aliphatic hydroxyl groups excluding tert-OH is 1. The molecule has 0 spiro atoms. The van der Waals surface area contributed by atoms with Gasteiger partial charge in [-0.25, -0.2) is 4.79 Å². The first-order valence-corrected chi connectivity index (χ1v) is 4.14. The van der Waals surface area contributed by atoms with Crippen molar-refractivity contribution in [2.45, 2.75) is 19.8 Å². The molecule has 6 nitrogen and oxygen atoms in total. The summed E-state index contributed by atoms with van der Waals surface area (Å²) in [6, 6.07) is 0. The highest BCUT2D eigenvalue weighted by Gasteiger charge is 2.13. The first-order chi connectivity index (χ1) is 6.97. The molecule has 0 aliphatic heterocycles. The second-order valence-electron chi connectivity index (χ2n) is 2.69. The molecular weight excluding hydrogens is 204 g/mol. The summed E-state index contributed by atoms with van der Waals surface area (Å²) in [6.07, 6.45) is -0.527. The molecule has 0 aromatic rings. The van der Waals surface area contributed by atoms with E-state index in [1.165, 1.54) is 6.92 Å². The quantitative estimate of drug-likeness (QED) is 0.299. The Kier molecular flexibility index (Phi) is 5.96. The SMILES string of the molecule is C=C(C)C(=O)OC(=O)CCC(=O)OCO. The standard InChI is InChI=1S/C9H12O6/c1-6(2)9(13)15-8(12)4-3-7(11)14-5-10/h10H,1,3-5H2,2H3. The maximum absolute atomic E-state index is 10.9. The fraction of sp³-hybridized carbons (Fsp3) is 0.444. The summed E-state index contributed by atoms with van der Waals surface area (Å²) in [6.45, 7) is 3.94. The molecule has 1 N–H and O–H groups in total. The van der Waals surface area contributed by atoms with Crippen LogP contribution in [-0.2, 0) is 23.9 Å². The third-order valence-corrected chi connectivity index (χ3v) is 1.31. The molecule has 84 valence electrons. The summed E-state index contributed by atoms with van der Waals surface area (Å²) >= 11 is 0. The van der Waals surface area contributed by atoms with E-state index in [1.54, 1.807) is 0 Å². The Morgan fingerprint density at radius 2 is 1.73 bits per heavy atom. The summed E-state index contributed by atoms with van der Waals surface area (Å²) in [5, 5.41) is 8.20. The topological polar surface area (TPSA) is 89.9 Å². The maximum atomic E-state index is 10.9. The molecule has 0 heterocycles. The Morgan fingerprint density at radius 3 is 2.20 bits per heavy atom. The number of hydrogen-bond donors (Lipinski definition) is 1. The number of carbonyl (C=O) groups is 3. The van der Waals surface area contributed by atoms with E-state index in [1.807, 2.05) is 0 Å². The Balaban J connectivity index is 3.80. The van der Waals surface area contributed by atoms with Gasteiger partial charge in [-0.3, -0.25) is 9.59 Å². The summed E-state index contributed by atoms with van der Waals surface area (Å²) in [7, 11) is 0. The van der Waals surface area contributed by atoms with E-state index in [0.29, 0.717) is 0 Å². The van der Waals surface area contributed by atoms with Gasteiger partial charge >= 0.3 is 17.9 Å². The van der Waals surface area contributed by atoms with Crippen molar-refractivity contribution in [3.05, 3.63) is 12.2 Å². The zero-order valence-corrected chi connectivity index (χ0v) is 8.32. The molecule has 0 unspecified atom stereocenters. The van der Waals surface area contributed by atoms with Crippen LogP contribution in [0, 0.1) is 0 Å². The van der Waals surface area contributed by atoms with Gasteiger partial charge in [0.2, 0.25) is 0 Å². The van der Waals surface area contributed by atoms with Gasteiger partial charge in [0.25, 0.3) is 0 Å². The Morgan fingerprint density at radius 1 is 1.20 bits per heavy atom. The van der Waals surface area contributed by atoms with Gasteiger partial charge in [-0.15, -0.1) is 0 Å². The number of hydrogen-bond acceptors (Lipinski definition) is 6. The maximum Gasteiger partial charge on any atom is 0.340 e. The lowest BCUT2D eigenvalue weighted by Crippen LogP contribution is -2.15. The molecule has 0 aromatic carbocycles. The zero-order chi connectivity index (χ0) is 11.8. The third kappa shape index (κ3) is 6.39. The lowest BCUT2D eigenvalue weighted by atomic mass is 10.3. The Labute approximate surface area is 86.5 Å². The first kappa shape index (κ1) is 13.3. The van der Waals surface area contributed by atoms with E-state index >= 15 is 0 Å². The lowest BCUT2D eigenvalue weighted by molar-refractivity contribution is -0.161. The third-order valence-electron chi connectivity index (χ3n) is 1.31. The smallest absolute Gasteiger partial charge is 0.340 e. The van der Waals surface area contributed by atoms with Crippen LogP contribution < -0.4 is 0 Å². The highest BCUT2D eigenvalue weighted by Crippen LogP contribution is 1.99. The molecule has 0 aromatic heterocycles. The van der Waals surface area contributed by atoms with E-state index in [2.05, 4.69) is 16.1 Å². The number of rotatable bonds is 5. The van der Waals surface area contributed by atoms with Gasteiger partial charge in [0, 0.05) is 5.57 Å². The summed E-state index contributed by atoms with van der Waals surface area (Å²) in [5.74, 6) is -2.40. The predicted molar refractivity (Wildman–Crippen MR) is 48.3 cm³/mol. The fourth-order valence-corrected chi connectivity index (χ4v) is 0.590. The lowest BCUT2D eigenvalue weighted by Gasteiger charge is -2.02. The van der Waals surface area contributed by atoms with Crippen LogP contribution in [0.2, 0.25) is 0 Å². The van der Waals surface area contributed by atoms with Gasteiger partial charge in [0.05, 0.1) is 12.8 Å². The van der Waals surface area contributed by atoms with E-state index in [-0.39, 0.29) is 18.4 Å². The molecule has 0 saturated carbocycles. The van der Waals surface area contributed by atoms with Crippen molar-refractivity contribution in [3.63, 3.8) is 0 Å². The summed E-state index contributed by atoms with van der Waals surface area (Å²) in [5.41, 5.74) is 0.0984.